The van der Waals surface area contributed by atoms with E-state index in [0.717, 1.165) is 5.57 Å². The van der Waals surface area contributed by atoms with Gasteiger partial charge in [-0.05, 0) is 51.7 Å². The van der Waals surface area contributed by atoms with Crippen LogP contribution in [0.5, 0.6) is 0 Å². The lowest BCUT2D eigenvalue weighted by molar-refractivity contribution is -0.157. The maximum atomic E-state index is 12.6. The molecule has 0 fully saturated rings. The Morgan fingerprint density at radius 1 is 1.28 bits per heavy atom. The second kappa shape index (κ2) is 16.4. The topological polar surface area (TPSA) is 152 Å². The molecule has 1 rings (SSSR count). The van der Waals surface area contributed by atoms with Crippen molar-refractivity contribution < 1.29 is 43.9 Å². The van der Waals surface area contributed by atoms with Crippen LogP contribution in [0.3, 0.4) is 0 Å². The molecule has 0 aliphatic carbocycles. The second-order valence-corrected chi connectivity index (χ2v) is 10.7. The Bertz CT molecular complexity index is 895. The largest absolute Gasteiger partial charge is 0.457 e. The van der Waals surface area contributed by atoms with Crippen LogP contribution < -0.4 is 5.32 Å². The molecule has 0 saturated heterocycles. The van der Waals surface area contributed by atoms with Crippen LogP contribution in [-0.2, 0) is 23.8 Å². The van der Waals surface area contributed by atoms with Crippen molar-refractivity contribution in [1.82, 2.24) is 5.32 Å². The van der Waals surface area contributed by atoms with E-state index < -0.39 is 54.1 Å². The van der Waals surface area contributed by atoms with E-state index in [1.54, 1.807) is 31.2 Å². The normalized spacial score (nSPS) is 30.2. The van der Waals surface area contributed by atoms with Crippen LogP contribution in [0.2, 0.25) is 0 Å². The number of rotatable bonds is 9. The summed E-state index contributed by atoms with van der Waals surface area (Å²) in [4.78, 5) is 36.1. The van der Waals surface area contributed by atoms with Crippen LogP contribution in [0, 0.1) is 11.8 Å². The first-order chi connectivity index (χ1) is 18.2. The fraction of sp³-hybridized carbons (Fsp3) is 0.690. The van der Waals surface area contributed by atoms with Crippen LogP contribution in [0.25, 0.3) is 0 Å². The molecule has 0 aromatic rings. The summed E-state index contributed by atoms with van der Waals surface area (Å²) in [5.41, 5.74) is -0.703. The lowest BCUT2D eigenvalue weighted by Crippen LogP contribution is -2.42. The van der Waals surface area contributed by atoms with Gasteiger partial charge in [0.15, 0.2) is 0 Å². The maximum absolute atomic E-state index is 12.6. The van der Waals surface area contributed by atoms with Crippen LogP contribution >= 0.6 is 0 Å². The van der Waals surface area contributed by atoms with E-state index in [0.29, 0.717) is 6.42 Å². The molecule has 0 radical (unpaired) electrons. The molecule has 0 saturated carbocycles. The number of alkyl carbamates (subject to hydrolysis) is 1. The molecule has 10 heteroatoms. The molecule has 1 aliphatic rings. The number of aliphatic hydroxyl groups is 3. The average molecular weight is 554 g/mol. The van der Waals surface area contributed by atoms with E-state index in [-0.39, 0.29) is 37.7 Å². The van der Waals surface area contributed by atoms with E-state index in [1.807, 2.05) is 33.8 Å². The Hall–Kier alpha value is -2.69. The van der Waals surface area contributed by atoms with Gasteiger partial charge in [0.05, 0.1) is 31.3 Å². The Kier molecular flexibility index (Phi) is 14.5. The number of esters is 2. The molecule has 8 atom stereocenters. The summed E-state index contributed by atoms with van der Waals surface area (Å²) < 4.78 is 16.3. The highest BCUT2D eigenvalue weighted by molar-refractivity contribution is 5.70. The van der Waals surface area contributed by atoms with E-state index >= 15 is 0 Å². The minimum absolute atomic E-state index is 0.107. The molecule has 1 aliphatic heterocycles. The van der Waals surface area contributed by atoms with Gasteiger partial charge in [0, 0.05) is 18.8 Å². The molecule has 0 spiro atoms. The average Bonchev–Trinajstić information content (AvgIpc) is 2.85. The number of nitrogens with one attached hydrogen (secondary N) is 1. The van der Waals surface area contributed by atoms with Crippen molar-refractivity contribution in [3.63, 3.8) is 0 Å². The number of aliphatic hydroxyl groups excluding tert-OH is 2. The van der Waals surface area contributed by atoms with Gasteiger partial charge >= 0.3 is 18.0 Å². The lowest BCUT2D eigenvalue weighted by Gasteiger charge is -2.32. The Labute approximate surface area is 232 Å². The second-order valence-electron chi connectivity index (χ2n) is 10.7. The summed E-state index contributed by atoms with van der Waals surface area (Å²) in [6.07, 6.45) is 5.42. The fourth-order valence-corrected chi connectivity index (χ4v) is 4.06. The summed E-state index contributed by atoms with van der Waals surface area (Å²) in [6.45, 7) is 12.0. The third-order valence-electron chi connectivity index (χ3n) is 6.68. The van der Waals surface area contributed by atoms with Crippen LogP contribution in [0.1, 0.15) is 74.1 Å². The van der Waals surface area contributed by atoms with Gasteiger partial charge in [-0.3, -0.25) is 9.59 Å². The molecule has 4 N–H and O–H groups in total. The highest BCUT2D eigenvalue weighted by Crippen LogP contribution is 2.27. The van der Waals surface area contributed by atoms with Crippen molar-refractivity contribution in [2.75, 3.05) is 6.61 Å². The summed E-state index contributed by atoms with van der Waals surface area (Å²) >= 11 is 0. The summed E-state index contributed by atoms with van der Waals surface area (Å²) in [6, 6.07) is -0.417. The minimum Gasteiger partial charge on any atom is -0.457 e. The van der Waals surface area contributed by atoms with Crippen molar-refractivity contribution >= 4 is 18.0 Å². The zero-order valence-corrected chi connectivity index (χ0v) is 24.3. The molecule has 1 amide bonds. The first-order valence-electron chi connectivity index (χ1n) is 13.6. The van der Waals surface area contributed by atoms with Crippen molar-refractivity contribution in [1.29, 1.82) is 0 Å². The predicted molar refractivity (Wildman–Crippen MR) is 147 cm³/mol. The van der Waals surface area contributed by atoms with Crippen molar-refractivity contribution in [3.8, 4) is 0 Å². The van der Waals surface area contributed by atoms with Gasteiger partial charge in [0.25, 0.3) is 0 Å². The van der Waals surface area contributed by atoms with Crippen molar-refractivity contribution in [2.45, 2.75) is 110 Å². The smallest absolute Gasteiger partial charge is 0.407 e. The molecule has 222 valence electrons. The Morgan fingerprint density at radius 3 is 2.56 bits per heavy atom. The third-order valence-corrected chi connectivity index (χ3v) is 6.68. The van der Waals surface area contributed by atoms with Gasteiger partial charge in [-0.25, -0.2) is 4.79 Å². The maximum Gasteiger partial charge on any atom is 0.407 e. The highest BCUT2D eigenvalue weighted by Gasteiger charge is 2.35. The zero-order valence-electron chi connectivity index (χ0n) is 24.3. The molecular formula is C29H47NO9. The Morgan fingerprint density at radius 2 is 1.95 bits per heavy atom. The van der Waals surface area contributed by atoms with Gasteiger partial charge in [-0.15, -0.1) is 0 Å². The molecule has 0 bridgehead atoms. The number of hydrogen-bond donors (Lipinski definition) is 4. The molecule has 10 nitrogen and oxygen atoms in total. The number of cyclic esters (lactones) is 1. The number of carbonyl (C=O) groups is 3. The first-order valence-corrected chi connectivity index (χ1v) is 13.6. The quantitative estimate of drug-likeness (QED) is 0.146. The SMILES string of the molecule is CC[C@@H](O)[C@@H](C)NC(=O)OC[C@@H](C)/C=C/C=C(\C)[C@H]1OC(=O)C[C@@H](O)CC[C@](C)(O)[C@@H](OC(C)=O)/C=C\[C@@H]1C. The summed E-state index contributed by atoms with van der Waals surface area (Å²) in [5, 5.41) is 33.6. The molecule has 0 aromatic heterocycles. The first kappa shape index (κ1) is 34.3. The summed E-state index contributed by atoms with van der Waals surface area (Å²) in [5.74, 6) is -1.55. The van der Waals surface area contributed by atoms with Gasteiger partial charge in [-0.2, -0.15) is 0 Å². The minimum atomic E-state index is -1.43. The fourth-order valence-electron chi connectivity index (χ4n) is 4.06. The highest BCUT2D eigenvalue weighted by atomic mass is 16.6. The van der Waals surface area contributed by atoms with E-state index in [9.17, 15) is 29.7 Å². The van der Waals surface area contributed by atoms with Crippen molar-refractivity contribution in [3.05, 3.63) is 36.0 Å². The standard InChI is InChI=1S/C29H47NO9/c1-8-24(33)21(5)30-28(35)37-17-18(2)10-9-11-19(3)27-20(4)12-13-25(38-22(6)31)29(7,36)15-14-23(32)16-26(34)39-27/h9-13,18,20-21,23-25,27,32-33,36H,8,14-17H2,1-7H3,(H,30,35)/b10-9+,13-12-,19-11+/t18-,20-,21+,23-,24+,25-,27+,29-/m0/s1. The molecule has 1 heterocycles. The van der Waals surface area contributed by atoms with Gasteiger partial charge in [0.2, 0.25) is 0 Å². The molecule has 39 heavy (non-hydrogen) atoms. The number of allylic oxidation sites excluding steroid dienone is 2. The van der Waals surface area contributed by atoms with Gasteiger partial charge < -0.3 is 34.8 Å². The van der Waals surface area contributed by atoms with Crippen molar-refractivity contribution in [2.24, 2.45) is 11.8 Å². The number of carbonyl (C=O) groups excluding carboxylic acids is 3. The van der Waals surface area contributed by atoms with E-state index in [2.05, 4.69) is 5.32 Å². The van der Waals surface area contributed by atoms with Crippen LogP contribution in [0.15, 0.2) is 36.0 Å². The van der Waals surface area contributed by atoms with Crippen LogP contribution in [0.4, 0.5) is 4.79 Å². The van der Waals surface area contributed by atoms with E-state index in [1.165, 1.54) is 13.8 Å². The molecule has 0 unspecified atom stereocenters. The van der Waals surface area contributed by atoms with Gasteiger partial charge in [0.1, 0.15) is 17.8 Å². The number of hydrogen-bond acceptors (Lipinski definition) is 9. The molecule has 0 aromatic carbocycles. The lowest BCUT2D eigenvalue weighted by atomic mass is 9.88. The third kappa shape index (κ3) is 12.8. The molecular weight excluding hydrogens is 506 g/mol. The number of amides is 1. The number of ether oxygens (including phenoxy) is 3. The van der Waals surface area contributed by atoms with Gasteiger partial charge in [-0.1, -0.05) is 45.1 Å². The zero-order chi connectivity index (χ0) is 29.8. The van der Waals surface area contributed by atoms with Crippen LogP contribution in [-0.4, -0.2) is 76.0 Å². The summed E-state index contributed by atoms with van der Waals surface area (Å²) in [7, 11) is 0. The Balaban J connectivity index is 2.97. The monoisotopic (exact) mass is 553 g/mol. The van der Waals surface area contributed by atoms with E-state index in [4.69, 9.17) is 14.2 Å². The predicted octanol–water partition coefficient (Wildman–Crippen LogP) is 3.34.